The zero-order valence-corrected chi connectivity index (χ0v) is 11.6. The van der Waals surface area contributed by atoms with Crippen LogP contribution in [0.25, 0.3) is 0 Å². The number of aryl methyl sites for hydroxylation is 1. The average molecular weight is 277 g/mol. The van der Waals surface area contributed by atoms with Crippen LogP contribution in [0.3, 0.4) is 0 Å². The third-order valence-corrected chi connectivity index (χ3v) is 3.75. The smallest absolute Gasteiger partial charge is 0.267 e. The number of ether oxygens (including phenoxy) is 1. The summed E-state index contributed by atoms with van der Waals surface area (Å²) >= 11 is 1.32. The Labute approximate surface area is 115 Å². The fourth-order valence-electron chi connectivity index (χ4n) is 1.61. The lowest BCUT2D eigenvalue weighted by molar-refractivity contribution is 0.103. The van der Waals surface area contributed by atoms with E-state index in [2.05, 4.69) is 10.3 Å². The quantitative estimate of drug-likeness (QED) is 0.898. The van der Waals surface area contributed by atoms with Gasteiger partial charge in [0.25, 0.3) is 5.91 Å². The Morgan fingerprint density at radius 1 is 1.42 bits per heavy atom. The number of benzene rings is 1. The van der Waals surface area contributed by atoms with Gasteiger partial charge in [0.2, 0.25) is 0 Å². The molecule has 5 nitrogen and oxygen atoms in total. The van der Waals surface area contributed by atoms with E-state index in [0.717, 1.165) is 10.8 Å². The van der Waals surface area contributed by atoms with Crippen molar-refractivity contribution in [3.05, 3.63) is 39.8 Å². The first kappa shape index (κ1) is 13.5. The molecule has 19 heavy (non-hydrogen) atoms. The van der Waals surface area contributed by atoms with Gasteiger partial charge in [0.05, 0.1) is 12.8 Å². The van der Waals surface area contributed by atoms with Gasteiger partial charge in [-0.15, -0.1) is 11.3 Å². The van der Waals surface area contributed by atoms with Crippen molar-refractivity contribution in [2.24, 2.45) is 5.73 Å². The van der Waals surface area contributed by atoms with Gasteiger partial charge in [-0.3, -0.25) is 4.79 Å². The van der Waals surface area contributed by atoms with Gasteiger partial charge in [-0.2, -0.15) is 0 Å². The molecule has 0 saturated heterocycles. The molecule has 1 heterocycles. The van der Waals surface area contributed by atoms with Crippen molar-refractivity contribution in [3.8, 4) is 5.75 Å². The monoisotopic (exact) mass is 277 g/mol. The Morgan fingerprint density at radius 2 is 2.11 bits per heavy atom. The van der Waals surface area contributed by atoms with Crippen LogP contribution in [-0.4, -0.2) is 18.0 Å². The minimum Gasteiger partial charge on any atom is -0.497 e. The second kappa shape index (κ2) is 5.81. The second-order valence-corrected chi connectivity index (χ2v) is 4.99. The molecule has 1 aromatic heterocycles. The number of rotatable bonds is 4. The van der Waals surface area contributed by atoms with E-state index in [1.165, 1.54) is 11.3 Å². The molecule has 6 heteroatoms. The van der Waals surface area contributed by atoms with E-state index in [1.54, 1.807) is 38.3 Å². The number of nitrogens with one attached hydrogen (secondary N) is 1. The van der Waals surface area contributed by atoms with Crippen LogP contribution in [0, 0.1) is 6.92 Å². The number of carbonyl (C=O) groups excluding carboxylic acids is 1. The van der Waals surface area contributed by atoms with E-state index in [1.807, 2.05) is 0 Å². The predicted molar refractivity (Wildman–Crippen MR) is 75.7 cm³/mol. The maximum Gasteiger partial charge on any atom is 0.267 e. The maximum atomic E-state index is 12.1. The SMILES string of the molecule is COc1ccc(NC(=O)c2sc(CN)nc2C)cc1. The summed E-state index contributed by atoms with van der Waals surface area (Å²) in [7, 11) is 1.60. The fourth-order valence-corrected chi connectivity index (χ4v) is 2.45. The molecule has 0 unspecified atom stereocenters. The summed E-state index contributed by atoms with van der Waals surface area (Å²) in [5, 5.41) is 3.58. The number of carbonyl (C=O) groups is 1. The molecule has 0 atom stereocenters. The molecule has 2 rings (SSSR count). The largest absolute Gasteiger partial charge is 0.497 e. The summed E-state index contributed by atoms with van der Waals surface area (Å²) in [5.41, 5.74) is 6.94. The Morgan fingerprint density at radius 3 is 2.63 bits per heavy atom. The summed E-state index contributed by atoms with van der Waals surface area (Å²) in [5.74, 6) is 0.581. The highest BCUT2D eigenvalue weighted by atomic mass is 32.1. The van der Waals surface area contributed by atoms with Crippen LogP contribution in [0.15, 0.2) is 24.3 Å². The molecule has 1 amide bonds. The third-order valence-electron chi connectivity index (χ3n) is 2.57. The number of thiazole rings is 1. The summed E-state index contributed by atoms with van der Waals surface area (Å²) in [6, 6.07) is 7.16. The highest BCUT2D eigenvalue weighted by Crippen LogP contribution is 2.20. The molecule has 1 aromatic carbocycles. The summed E-state index contributed by atoms with van der Waals surface area (Å²) < 4.78 is 5.06. The molecular weight excluding hydrogens is 262 g/mol. The summed E-state index contributed by atoms with van der Waals surface area (Å²) in [4.78, 5) is 16.9. The number of hydrogen-bond acceptors (Lipinski definition) is 5. The maximum absolute atomic E-state index is 12.1. The minimum absolute atomic E-state index is 0.167. The van der Waals surface area contributed by atoms with Gasteiger partial charge in [-0.05, 0) is 31.2 Å². The van der Waals surface area contributed by atoms with Crippen molar-refractivity contribution < 1.29 is 9.53 Å². The lowest BCUT2D eigenvalue weighted by Crippen LogP contribution is -2.11. The summed E-state index contributed by atoms with van der Waals surface area (Å²) in [6.07, 6.45) is 0. The van der Waals surface area contributed by atoms with Crippen LogP contribution in [-0.2, 0) is 6.54 Å². The van der Waals surface area contributed by atoms with Crippen molar-refractivity contribution in [1.29, 1.82) is 0 Å². The Hall–Kier alpha value is -1.92. The highest BCUT2D eigenvalue weighted by molar-refractivity contribution is 7.13. The van der Waals surface area contributed by atoms with Gasteiger partial charge in [0.1, 0.15) is 15.6 Å². The van der Waals surface area contributed by atoms with Crippen molar-refractivity contribution in [2.45, 2.75) is 13.5 Å². The van der Waals surface area contributed by atoms with Crippen LogP contribution < -0.4 is 15.8 Å². The average Bonchev–Trinajstić information content (AvgIpc) is 2.81. The van der Waals surface area contributed by atoms with Crippen LogP contribution in [0.4, 0.5) is 5.69 Å². The van der Waals surface area contributed by atoms with Gasteiger partial charge in [0.15, 0.2) is 0 Å². The molecule has 2 aromatic rings. The van der Waals surface area contributed by atoms with Crippen molar-refractivity contribution in [3.63, 3.8) is 0 Å². The van der Waals surface area contributed by atoms with Crippen molar-refractivity contribution in [1.82, 2.24) is 4.98 Å². The normalized spacial score (nSPS) is 10.3. The molecule has 0 aliphatic heterocycles. The van der Waals surface area contributed by atoms with Gasteiger partial charge >= 0.3 is 0 Å². The molecule has 0 aliphatic carbocycles. The first-order valence-corrected chi connectivity index (χ1v) is 6.57. The van der Waals surface area contributed by atoms with E-state index in [0.29, 0.717) is 22.8 Å². The fraction of sp³-hybridized carbons (Fsp3) is 0.231. The van der Waals surface area contributed by atoms with E-state index >= 15 is 0 Å². The molecule has 0 bridgehead atoms. The third kappa shape index (κ3) is 3.10. The highest BCUT2D eigenvalue weighted by Gasteiger charge is 2.14. The lowest BCUT2D eigenvalue weighted by atomic mass is 10.3. The topological polar surface area (TPSA) is 77.2 Å². The Kier molecular flexibility index (Phi) is 4.13. The van der Waals surface area contributed by atoms with E-state index in [9.17, 15) is 4.79 Å². The Bertz CT molecular complexity index is 578. The molecule has 0 aliphatic rings. The molecule has 0 spiro atoms. The summed E-state index contributed by atoms with van der Waals surface area (Å²) in [6.45, 7) is 2.15. The first-order valence-electron chi connectivity index (χ1n) is 5.76. The van der Waals surface area contributed by atoms with Gasteiger partial charge in [-0.25, -0.2) is 4.98 Å². The standard InChI is InChI=1S/C13H15N3O2S/c1-8-12(19-11(7-14)15-8)13(17)16-9-3-5-10(18-2)6-4-9/h3-6H,7,14H2,1-2H3,(H,16,17). The molecule has 0 radical (unpaired) electrons. The van der Waals surface area contributed by atoms with Crippen LogP contribution >= 0.6 is 11.3 Å². The zero-order chi connectivity index (χ0) is 13.8. The van der Waals surface area contributed by atoms with Crippen LogP contribution in [0.1, 0.15) is 20.4 Å². The van der Waals surface area contributed by atoms with Gasteiger partial charge in [-0.1, -0.05) is 0 Å². The molecular formula is C13H15N3O2S. The van der Waals surface area contributed by atoms with Gasteiger partial charge in [0, 0.05) is 12.2 Å². The number of anilines is 1. The van der Waals surface area contributed by atoms with E-state index in [4.69, 9.17) is 10.5 Å². The molecule has 3 N–H and O–H groups in total. The predicted octanol–water partition coefficient (Wildman–Crippen LogP) is 2.17. The second-order valence-electron chi connectivity index (χ2n) is 3.91. The number of methoxy groups -OCH3 is 1. The number of amides is 1. The minimum atomic E-state index is -0.167. The Balaban J connectivity index is 2.13. The lowest BCUT2D eigenvalue weighted by Gasteiger charge is -2.05. The zero-order valence-electron chi connectivity index (χ0n) is 10.8. The number of hydrogen-bond donors (Lipinski definition) is 2. The molecule has 100 valence electrons. The van der Waals surface area contributed by atoms with Crippen LogP contribution in [0.2, 0.25) is 0 Å². The van der Waals surface area contributed by atoms with Crippen molar-refractivity contribution >= 4 is 22.9 Å². The number of nitrogens with zero attached hydrogens (tertiary/aromatic N) is 1. The van der Waals surface area contributed by atoms with E-state index in [-0.39, 0.29) is 5.91 Å². The number of nitrogens with two attached hydrogens (primary N) is 1. The van der Waals surface area contributed by atoms with Crippen LogP contribution in [0.5, 0.6) is 5.75 Å². The first-order chi connectivity index (χ1) is 9.13. The van der Waals surface area contributed by atoms with Gasteiger partial charge < -0.3 is 15.8 Å². The number of aromatic nitrogens is 1. The van der Waals surface area contributed by atoms with E-state index < -0.39 is 0 Å². The molecule has 0 saturated carbocycles. The van der Waals surface area contributed by atoms with Crippen molar-refractivity contribution in [2.75, 3.05) is 12.4 Å². The molecule has 0 fully saturated rings.